The molecule has 0 aromatic heterocycles. The molecule has 0 bridgehead atoms. The van der Waals surface area contributed by atoms with Crippen LogP contribution in [0.2, 0.25) is 0 Å². The van der Waals surface area contributed by atoms with Gasteiger partial charge in [0.2, 0.25) is 0 Å². The molecule has 0 radical (unpaired) electrons. The summed E-state index contributed by atoms with van der Waals surface area (Å²) in [6.07, 6.45) is 1.95. The van der Waals surface area contributed by atoms with Gasteiger partial charge in [-0.2, -0.15) is 0 Å². The Morgan fingerprint density at radius 1 is 0.700 bits per heavy atom. The van der Waals surface area contributed by atoms with Crippen molar-refractivity contribution in [2.75, 3.05) is 72.0 Å². The lowest BCUT2D eigenvalue weighted by molar-refractivity contribution is -0.142. The first-order valence-electron chi connectivity index (χ1n) is 13.3. The molecule has 222 valence electrons. The molecule has 1 aromatic carbocycles. The summed E-state index contributed by atoms with van der Waals surface area (Å²) in [5, 5.41) is 38.0. The van der Waals surface area contributed by atoms with E-state index in [2.05, 4.69) is 0 Å². The van der Waals surface area contributed by atoms with Gasteiger partial charge in [-0.1, -0.05) is 43.4 Å². The van der Waals surface area contributed by atoms with Crippen molar-refractivity contribution in [3.63, 3.8) is 0 Å². The zero-order valence-electron chi connectivity index (χ0n) is 22.9. The zero-order chi connectivity index (χ0) is 29.7. The Morgan fingerprint density at radius 3 is 1.60 bits per heavy atom. The zero-order valence-corrected chi connectivity index (χ0v) is 23.7. The first-order valence-corrected chi connectivity index (χ1v) is 13.7. The summed E-state index contributed by atoms with van der Waals surface area (Å²) in [6, 6.07) is 7.52. The van der Waals surface area contributed by atoms with Gasteiger partial charge in [0.15, 0.2) is 0 Å². The summed E-state index contributed by atoms with van der Waals surface area (Å²) in [5.74, 6) is -4.14. The van der Waals surface area contributed by atoms with Crippen LogP contribution in [0.5, 0.6) is 0 Å². The van der Waals surface area contributed by atoms with Gasteiger partial charge in [0, 0.05) is 58.3 Å². The molecule has 0 amide bonds. The summed E-state index contributed by atoms with van der Waals surface area (Å²) in [6.45, 7) is 2.71. The van der Waals surface area contributed by atoms with Crippen LogP contribution in [0.4, 0.5) is 0 Å². The monoisotopic (exact) mass is 580 g/mol. The average Bonchev–Trinajstić information content (AvgIpc) is 2.86. The minimum Gasteiger partial charge on any atom is -0.480 e. The highest BCUT2D eigenvalue weighted by Crippen LogP contribution is 2.15. The van der Waals surface area contributed by atoms with E-state index in [4.69, 9.17) is 12.2 Å². The molecule has 1 fully saturated rings. The average molecular weight is 581 g/mol. The van der Waals surface area contributed by atoms with Crippen molar-refractivity contribution in [2.45, 2.75) is 32.2 Å². The number of hydrogen-bond acceptors (Lipinski definition) is 9. The number of carboxylic acid groups (broad SMARTS) is 4. The van der Waals surface area contributed by atoms with Crippen molar-refractivity contribution in [3.05, 3.63) is 35.4 Å². The fourth-order valence-electron chi connectivity index (χ4n) is 4.77. The second-order valence-corrected chi connectivity index (χ2v) is 10.7. The molecule has 1 atom stereocenters. The Hall–Kier alpha value is -2.97. The van der Waals surface area contributed by atoms with Crippen LogP contribution in [0, 0.1) is 0 Å². The Morgan fingerprint density at radius 2 is 1.12 bits per heavy atom. The summed E-state index contributed by atoms with van der Waals surface area (Å²) in [7, 11) is 0. The van der Waals surface area contributed by atoms with Gasteiger partial charge in [0.05, 0.1) is 26.2 Å². The second kappa shape index (κ2) is 17.0. The van der Waals surface area contributed by atoms with E-state index in [1.54, 1.807) is 19.6 Å². The fraction of sp³-hybridized carbons (Fsp3) is 0.593. The second-order valence-electron chi connectivity index (χ2n) is 10.1. The van der Waals surface area contributed by atoms with E-state index in [9.17, 15) is 39.6 Å². The van der Waals surface area contributed by atoms with Gasteiger partial charge in [-0.15, -0.1) is 0 Å². The molecule has 4 N–H and O–H groups in total. The van der Waals surface area contributed by atoms with Crippen LogP contribution in [0.15, 0.2) is 24.3 Å². The van der Waals surface area contributed by atoms with Crippen molar-refractivity contribution in [1.29, 1.82) is 0 Å². The molecule has 12 nitrogen and oxygen atoms in total. The maximum Gasteiger partial charge on any atom is 0.317 e. The molecule has 1 aromatic rings. The van der Waals surface area contributed by atoms with Gasteiger partial charge in [0.1, 0.15) is 0 Å². The lowest BCUT2D eigenvalue weighted by Gasteiger charge is -2.37. The van der Waals surface area contributed by atoms with Gasteiger partial charge in [-0.3, -0.25) is 38.8 Å². The predicted octanol–water partition coefficient (Wildman–Crippen LogP) is 0.480. The van der Waals surface area contributed by atoms with Crippen LogP contribution in [0.3, 0.4) is 0 Å². The van der Waals surface area contributed by atoms with Crippen molar-refractivity contribution < 1.29 is 39.6 Å². The van der Waals surface area contributed by atoms with Gasteiger partial charge in [-0.05, 0) is 28.8 Å². The van der Waals surface area contributed by atoms with E-state index in [0.29, 0.717) is 12.8 Å². The summed E-state index contributed by atoms with van der Waals surface area (Å²) >= 11 is 5.35. The number of hydrogen-bond donors (Lipinski definition) is 4. The standard InChI is InChI=1S/C27H40N4O8S/c1-2-23(40)14-21-5-3-20(4-6-21)13-22-15-30(18-26(36)37)10-9-28(16-24(32)33)7-8-29(17-25(34)35)11-12-31(22)19-27(38)39/h3-6,22H,2,7-19H2,1H3,(H,32,33)(H,34,35)(H,36,37)(H,38,39). The number of carboxylic acids is 4. The van der Waals surface area contributed by atoms with Crippen LogP contribution >= 0.6 is 12.2 Å². The summed E-state index contributed by atoms with van der Waals surface area (Å²) in [5.41, 5.74) is 2.02. The number of aliphatic carboxylic acids is 4. The van der Waals surface area contributed by atoms with Crippen LogP contribution in [0.25, 0.3) is 0 Å². The third-order valence-corrected chi connectivity index (χ3v) is 7.29. The van der Waals surface area contributed by atoms with Crippen LogP contribution in [0.1, 0.15) is 24.5 Å². The molecule has 1 aliphatic heterocycles. The number of carbonyl (C=O) groups is 4. The molecule has 1 aliphatic rings. The molecule has 0 spiro atoms. The molecule has 0 saturated carbocycles. The number of rotatable bonds is 13. The first-order chi connectivity index (χ1) is 18.9. The maximum atomic E-state index is 11.8. The summed E-state index contributed by atoms with van der Waals surface area (Å²) in [4.78, 5) is 54.2. The van der Waals surface area contributed by atoms with Crippen molar-refractivity contribution in [1.82, 2.24) is 19.6 Å². The number of thiocarbonyl (C=S) groups is 1. The highest BCUT2D eigenvalue weighted by molar-refractivity contribution is 7.80. The molecule has 1 unspecified atom stereocenters. The van der Waals surface area contributed by atoms with E-state index < -0.39 is 29.9 Å². The number of benzene rings is 1. The summed E-state index contributed by atoms with van der Waals surface area (Å²) < 4.78 is 0. The van der Waals surface area contributed by atoms with E-state index in [-0.39, 0.29) is 72.0 Å². The topological polar surface area (TPSA) is 162 Å². The molecule has 13 heteroatoms. The van der Waals surface area contributed by atoms with Crippen molar-refractivity contribution in [3.8, 4) is 0 Å². The normalized spacial score (nSPS) is 18.9. The Labute approximate surface area is 239 Å². The Balaban J connectivity index is 2.38. The van der Waals surface area contributed by atoms with E-state index in [1.807, 2.05) is 31.2 Å². The van der Waals surface area contributed by atoms with Crippen molar-refractivity contribution in [2.24, 2.45) is 0 Å². The predicted molar refractivity (Wildman–Crippen MR) is 152 cm³/mol. The van der Waals surface area contributed by atoms with E-state index in [0.717, 1.165) is 22.4 Å². The Bertz CT molecular complexity index is 1020. The fourth-order valence-corrected chi connectivity index (χ4v) is 4.94. The van der Waals surface area contributed by atoms with Gasteiger partial charge in [-0.25, -0.2) is 0 Å². The lowest BCUT2D eigenvalue weighted by Crippen LogP contribution is -2.53. The lowest BCUT2D eigenvalue weighted by atomic mass is 10.00. The van der Waals surface area contributed by atoms with Gasteiger partial charge in [0.25, 0.3) is 0 Å². The maximum absolute atomic E-state index is 11.8. The number of nitrogens with zero attached hydrogens (tertiary/aromatic N) is 4. The minimum absolute atomic E-state index is 0.237. The van der Waals surface area contributed by atoms with E-state index in [1.165, 1.54) is 0 Å². The SMILES string of the molecule is CCC(=S)Cc1ccc(CC2CN(CC(=O)O)CCN(CC(=O)O)CCN(CC(=O)O)CCN2CC(=O)O)cc1. The van der Waals surface area contributed by atoms with Crippen LogP contribution < -0.4 is 0 Å². The molecule has 0 aliphatic carbocycles. The smallest absolute Gasteiger partial charge is 0.317 e. The van der Waals surface area contributed by atoms with Gasteiger partial charge >= 0.3 is 23.9 Å². The first kappa shape index (κ1) is 33.2. The van der Waals surface area contributed by atoms with Crippen LogP contribution in [-0.4, -0.2) is 147 Å². The minimum atomic E-state index is -1.04. The molecular formula is C27H40N4O8S. The quantitative estimate of drug-likeness (QED) is 0.239. The highest BCUT2D eigenvalue weighted by Gasteiger charge is 2.27. The van der Waals surface area contributed by atoms with Crippen molar-refractivity contribution >= 4 is 41.0 Å². The highest BCUT2D eigenvalue weighted by atomic mass is 32.1. The van der Waals surface area contributed by atoms with Crippen LogP contribution in [-0.2, 0) is 32.0 Å². The molecular weight excluding hydrogens is 540 g/mol. The molecule has 1 heterocycles. The largest absolute Gasteiger partial charge is 0.480 e. The van der Waals surface area contributed by atoms with E-state index >= 15 is 0 Å². The van der Waals surface area contributed by atoms with Gasteiger partial charge < -0.3 is 20.4 Å². The third kappa shape index (κ3) is 12.9. The molecule has 40 heavy (non-hydrogen) atoms. The third-order valence-electron chi connectivity index (χ3n) is 6.86. The Kier molecular flexibility index (Phi) is 14.1. The molecule has 1 saturated heterocycles. The molecule has 2 rings (SSSR count).